The number of hydrogen-bond acceptors (Lipinski definition) is 4. The smallest absolute Gasteiger partial charge is 0.251 e. The summed E-state index contributed by atoms with van der Waals surface area (Å²) in [6.45, 7) is 8.26. The van der Waals surface area contributed by atoms with Gasteiger partial charge in [-0.25, -0.2) is 13.1 Å². The van der Waals surface area contributed by atoms with Gasteiger partial charge in [0.2, 0.25) is 10.0 Å². The number of carbonyl (C=O) groups excluding carboxylic acids is 1. The molecule has 0 heterocycles. The number of methoxy groups -OCH3 is 1. The summed E-state index contributed by atoms with van der Waals surface area (Å²) >= 11 is 0. The number of nitrogens with one attached hydrogen (secondary N) is 2. The number of hydrogen-bond donors (Lipinski definition) is 2. The van der Waals surface area contributed by atoms with Crippen molar-refractivity contribution < 1.29 is 17.9 Å². The molecule has 0 bridgehead atoms. The Bertz CT molecular complexity index is 1270. The second-order valence-corrected chi connectivity index (χ2v) is 10.2. The zero-order valence-corrected chi connectivity index (χ0v) is 21.1. The Kier molecular flexibility index (Phi) is 8.12. The highest BCUT2D eigenvalue weighted by Crippen LogP contribution is 2.26. The third-order valence-electron chi connectivity index (χ3n) is 5.96. The van der Waals surface area contributed by atoms with Crippen LogP contribution in [0.5, 0.6) is 5.75 Å². The third-order valence-corrected chi connectivity index (χ3v) is 7.44. The molecule has 0 spiro atoms. The van der Waals surface area contributed by atoms with E-state index in [9.17, 15) is 13.2 Å². The zero-order chi connectivity index (χ0) is 24.9. The molecule has 180 valence electrons. The Labute approximate surface area is 202 Å². The number of rotatable bonds is 9. The van der Waals surface area contributed by atoms with E-state index in [1.54, 1.807) is 6.07 Å². The van der Waals surface area contributed by atoms with Crippen molar-refractivity contribution in [2.75, 3.05) is 13.7 Å². The van der Waals surface area contributed by atoms with Crippen molar-refractivity contribution in [2.24, 2.45) is 0 Å². The molecule has 0 aliphatic rings. The zero-order valence-electron chi connectivity index (χ0n) is 20.3. The van der Waals surface area contributed by atoms with Crippen molar-refractivity contribution in [3.05, 3.63) is 94.0 Å². The number of benzene rings is 3. The monoisotopic (exact) mass is 480 g/mol. The first-order valence-electron chi connectivity index (χ1n) is 11.2. The van der Waals surface area contributed by atoms with Crippen LogP contribution >= 0.6 is 0 Å². The Balaban J connectivity index is 1.78. The number of carbonyl (C=O) groups is 1. The Morgan fingerprint density at radius 1 is 0.941 bits per heavy atom. The second kappa shape index (κ2) is 10.8. The molecule has 1 atom stereocenters. The topological polar surface area (TPSA) is 84.5 Å². The highest BCUT2D eigenvalue weighted by molar-refractivity contribution is 7.89. The number of sulfonamides is 1. The van der Waals surface area contributed by atoms with Gasteiger partial charge < -0.3 is 10.1 Å². The molecule has 0 aromatic heterocycles. The molecule has 0 saturated carbocycles. The molecule has 3 aromatic carbocycles. The van der Waals surface area contributed by atoms with E-state index < -0.39 is 10.0 Å². The fourth-order valence-corrected chi connectivity index (χ4v) is 5.11. The molecule has 1 unspecified atom stereocenters. The third kappa shape index (κ3) is 6.04. The molecule has 7 heteroatoms. The van der Waals surface area contributed by atoms with Crippen LogP contribution in [0.25, 0.3) is 0 Å². The molecule has 6 nitrogen and oxygen atoms in total. The maximum Gasteiger partial charge on any atom is 0.251 e. The first kappa shape index (κ1) is 25.5. The molecule has 0 aliphatic heterocycles. The van der Waals surface area contributed by atoms with Crippen LogP contribution in [0.2, 0.25) is 0 Å². The maximum atomic E-state index is 13.0. The molecule has 0 saturated heterocycles. The molecule has 3 rings (SSSR count). The molecule has 0 radical (unpaired) electrons. The molecule has 1 amide bonds. The van der Waals surface area contributed by atoms with E-state index >= 15 is 0 Å². The number of ether oxygens (including phenoxy) is 1. The van der Waals surface area contributed by atoms with Crippen molar-refractivity contribution in [1.82, 2.24) is 10.0 Å². The fraction of sp³-hybridized carbons (Fsp3) is 0.296. The summed E-state index contributed by atoms with van der Waals surface area (Å²) in [4.78, 5) is 12.9. The average molecular weight is 481 g/mol. The molecule has 3 aromatic rings. The SMILES string of the molecule is COc1ccc(C(=O)NC(C)c2cc(C)c(C)cc2C)cc1S(=O)(=O)NCCc1ccccc1. The predicted octanol–water partition coefficient (Wildman–Crippen LogP) is 4.63. The van der Waals surface area contributed by atoms with E-state index in [2.05, 4.69) is 29.1 Å². The van der Waals surface area contributed by atoms with Gasteiger partial charge in [0.05, 0.1) is 13.2 Å². The van der Waals surface area contributed by atoms with E-state index in [4.69, 9.17) is 4.74 Å². The fourth-order valence-electron chi connectivity index (χ4n) is 3.89. The van der Waals surface area contributed by atoms with Crippen molar-refractivity contribution in [1.29, 1.82) is 0 Å². The van der Waals surface area contributed by atoms with Crippen LogP contribution in [0.15, 0.2) is 65.6 Å². The maximum absolute atomic E-state index is 13.0. The summed E-state index contributed by atoms with van der Waals surface area (Å²) in [7, 11) is -2.48. The van der Waals surface area contributed by atoms with Gasteiger partial charge in [-0.1, -0.05) is 42.5 Å². The van der Waals surface area contributed by atoms with Crippen molar-refractivity contribution in [2.45, 2.75) is 45.1 Å². The van der Waals surface area contributed by atoms with Gasteiger partial charge in [0.25, 0.3) is 5.91 Å². The van der Waals surface area contributed by atoms with E-state index in [1.807, 2.05) is 51.1 Å². The lowest BCUT2D eigenvalue weighted by atomic mass is 9.96. The molecule has 2 N–H and O–H groups in total. The lowest BCUT2D eigenvalue weighted by Gasteiger charge is -2.19. The van der Waals surface area contributed by atoms with E-state index in [1.165, 1.54) is 24.8 Å². The van der Waals surface area contributed by atoms with Gasteiger partial charge in [0, 0.05) is 12.1 Å². The highest BCUT2D eigenvalue weighted by Gasteiger charge is 2.22. The Morgan fingerprint density at radius 2 is 1.62 bits per heavy atom. The van der Waals surface area contributed by atoms with Crippen LogP contribution in [-0.4, -0.2) is 28.0 Å². The number of aryl methyl sites for hydroxylation is 3. The minimum atomic E-state index is -3.88. The quantitative estimate of drug-likeness (QED) is 0.468. The Hall–Kier alpha value is -3.16. The number of amides is 1. The largest absolute Gasteiger partial charge is 0.495 e. The molecule has 34 heavy (non-hydrogen) atoms. The van der Waals surface area contributed by atoms with Crippen molar-refractivity contribution in [3.8, 4) is 5.75 Å². The first-order chi connectivity index (χ1) is 16.1. The van der Waals surface area contributed by atoms with E-state index in [0.29, 0.717) is 6.42 Å². The average Bonchev–Trinajstić information content (AvgIpc) is 2.81. The van der Waals surface area contributed by atoms with Crippen molar-refractivity contribution >= 4 is 15.9 Å². The Morgan fingerprint density at radius 3 is 2.29 bits per heavy atom. The van der Waals surface area contributed by atoms with E-state index in [0.717, 1.165) is 22.3 Å². The normalized spacial score (nSPS) is 12.3. The van der Waals surface area contributed by atoms with Gasteiger partial charge in [-0.3, -0.25) is 4.79 Å². The summed E-state index contributed by atoms with van der Waals surface area (Å²) in [5.74, 6) is -0.171. The van der Waals surface area contributed by atoms with Gasteiger partial charge in [-0.15, -0.1) is 0 Å². The predicted molar refractivity (Wildman–Crippen MR) is 135 cm³/mol. The lowest BCUT2D eigenvalue weighted by molar-refractivity contribution is 0.0939. The van der Waals surface area contributed by atoms with Gasteiger partial charge >= 0.3 is 0 Å². The van der Waals surface area contributed by atoms with Crippen molar-refractivity contribution in [3.63, 3.8) is 0 Å². The van der Waals surface area contributed by atoms with Crippen LogP contribution < -0.4 is 14.8 Å². The van der Waals surface area contributed by atoms with Gasteiger partial charge in [0.1, 0.15) is 10.6 Å². The van der Waals surface area contributed by atoms with Crippen LogP contribution in [0.4, 0.5) is 0 Å². The van der Waals surface area contributed by atoms with Crippen LogP contribution in [0.3, 0.4) is 0 Å². The van der Waals surface area contributed by atoms with Crippen LogP contribution in [0.1, 0.15) is 51.1 Å². The second-order valence-electron chi connectivity index (χ2n) is 8.49. The molecule has 0 fully saturated rings. The minimum Gasteiger partial charge on any atom is -0.495 e. The summed E-state index contributed by atoms with van der Waals surface area (Å²) < 4.78 is 33.9. The van der Waals surface area contributed by atoms with E-state index in [-0.39, 0.29) is 34.7 Å². The summed E-state index contributed by atoms with van der Waals surface area (Å²) in [6, 6.07) is 18.0. The van der Waals surface area contributed by atoms with Gasteiger partial charge in [-0.2, -0.15) is 0 Å². The standard InChI is InChI=1S/C27H32N2O4S/c1-18-15-20(3)24(16-19(18)2)21(4)29-27(30)23-11-12-25(33-5)26(17-23)34(31,32)28-14-13-22-9-7-6-8-10-22/h6-12,15-17,21,28H,13-14H2,1-5H3,(H,29,30). The van der Waals surface area contributed by atoms with Crippen LogP contribution in [-0.2, 0) is 16.4 Å². The summed E-state index contributed by atoms with van der Waals surface area (Å²) in [5, 5.41) is 2.99. The first-order valence-corrected chi connectivity index (χ1v) is 12.7. The van der Waals surface area contributed by atoms with Gasteiger partial charge in [0.15, 0.2) is 0 Å². The molecule has 0 aliphatic carbocycles. The van der Waals surface area contributed by atoms with Gasteiger partial charge in [-0.05, 0) is 80.1 Å². The summed E-state index contributed by atoms with van der Waals surface area (Å²) in [5.41, 5.74) is 5.75. The highest BCUT2D eigenvalue weighted by atomic mass is 32.2. The minimum absolute atomic E-state index is 0.0641. The molecular formula is C27H32N2O4S. The summed E-state index contributed by atoms with van der Waals surface area (Å²) in [6.07, 6.45) is 0.551. The van der Waals surface area contributed by atoms with Crippen LogP contribution in [0, 0.1) is 20.8 Å². The molecular weight excluding hydrogens is 448 g/mol. The lowest BCUT2D eigenvalue weighted by Crippen LogP contribution is -2.29.